The molecule has 170 valence electrons. The van der Waals surface area contributed by atoms with E-state index in [-0.39, 0.29) is 24.0 Å². The van der Waals surface area contributed by atoms with E-state index in [0.29, 0.717) is 34.2 Å². The molecule has 8 nitrogen and oxygen atoms in total. The highest BCUT2D eigenvalue weighted by Gasteiger charge is 2.30. The van der Waals surface area contributed by atoms with E-state index in [0.717, 1.165) is 17.3 Å². The number of esters is 1. The zero-order valence-electron chi connectivity index (χ0n) is 18.2. The summed E-state index contributed by atoms with van der Waals surface area (Å²) in [5.74, 6) is -0.717. The van der Waals surface area contributed by atoms with E-state index in [2.05, 4.69) is 16.7 Å². The lowest BCUT2D eigenvalue weighted by Crippen LogP contribution is -2.31. The fraction of sp³-hybridized carbons (Fsp3) is 0.250. The van der Waals surface area contributed by atoms with Gasteiger partial charge in [0.15, 0.2) is 0 Å². The molecule has 33 heavy (non-hydrogen) atoms. The van der Waals surface area contributed by atoms with E-state index < -0.39 is 11.9 Å². The summed E-state index contributed by atoms with van der Waals surface area (Å²) < 4.78 is 10.1. The molecule has 0 aromatic heterocycles. The van der Waals surface area contributed by atoms with Crippen molar-refractivity contribution < 1.29 is 23.9 Å². The number of anilines is 1. The van der Waals surface area contributed by atoms with Gasteiger partial charge in [-0.05, 0) is 48.9 Å². The predicted molar refractivity (Wildman–Crippen MR) is 125 cm³/mol. The molecule has 0 aliphatic carbocycles. The van der Waals surface area contributed by atoms with Gasteiger partial charge in [0.25, 0.3) is 0 Å². The minimum absolute atomic E-state index is 0.0159. The van der Waals surface area contributed by atoms with Gasteiger partial charge in [-0.15, -0.1) is 0 Å². The van der Waals surface area contributed by atoms with Crippen LogP contribution in [0.15, 0.2) is 59.1 Å². The summed E-state index contributed by atoms with van der Waals surface area (Å²) in [7, 11) is 1.30. The second-order valence-electron chi connectivity index (χ2n) is 7.07. The number of hydrogen-bond donors (Lipinski definition) is 2. The number of hydrogen-bond acceptors (Lipinski definition) is 7. The zero-order valence-corrected chi connectivity index (χ0v) is 19.0. The molecule has 0 saturated heterocycles. The van der Waals surface area contributed by atoms with Gasteiger partial charge in [-0.25, -0.2) is 4.79 Å². The number of nitrogens with one attached hydrogen (secondary N) is 2. The molecule has 2 N–H and O–H groups in total. The Bertz CT molecular complexity index is 1100. The van der Waals surface area contributed by atoms with Crippen LogP contribution < -0.4 is 15.4 Å². The summed E-state index contributed by atoms with van der Waals surface area (Å²) in [5, 5.41) is 15.6. The molecule has 0 unspecified atom stereocenters. The van der Waals surface area contributed by atoms with Crippen molar-refractivity contribution in [3.05, 3.63) is 70.3 Å². The molecular formula is C24H23N3O5S. The molecule has 2 amide bonds. The SMILES string of the molecule is CCOc1ccc(NC(=O)CSC2=C(C#N)[C@@H](c3ccc(C(=O)OC)cc3)CC(=O)N2)cc1. The Labute approximate surface area is 195 Å². The molecule has 9 heteroatoms. The third kappa shape index (κ3) is 6.14. The van der Waals surface area contributed by atoms with Gasteiger partial charge in [0.1, 0.15) is 5.75 Å². The first-order valence-corrected chi connectivity index (χ1v) is 11.2. The zero-order chi connectivity index (χ0) is 23.8. The van der Waals surface area contributed by atoms with Crippen molar-refractivity contribution >= 4 is 35.2 Å². The van der Waals surface area contributed by atoms with E-state index in [1.165, 1.54) is 7.11 Å². The van der Waals surface area contributed by atoms with Gasteiger partial charge in [0.2, 0.25) is 11.8 Å². The molecule has 0 spiro atoms. The van der Waals surface area contributed by atoms with Crippen molar-refractivity contribution in [2.75, 3.05) is 24.8 Å². The number of rotatable bonds is 8. The lowest BCUT2D eigenvalue weighted by Gasteiger charge is -2.25. The number of benzene rings is 2. The number of allylic oxidation sites excluding steroid dienone is 1. The second-order valence-corrected chi connectivity index (χ2v) is 8.05. The van der Waals surface area contributed by atoms with Gasteiger partial charge in [-0.3, -0.25) is 9.59 Å². The van der Waals surface area contributed by atoms with Gasteiger partial charge < -0.3 is 20.1 Å². The van der Waals surface area contributed by atoms with Crippen LogP contribution in [0.3, 0.4) is 0 Å². The van der Waals surface area contributed by atoms with Crippen LogP contribution in [0.25, 0.3) is 0 Å². The molecule has 2 aromatic carbocycles. The Morgan fingerprint density at radius 1 is 1.18 bits per heavy atom. The average molecular weight is 466 g/mol. The standard InChI is InChI=1S/C24H23N3O5S/c1-3-32-18-10-8-17(9-11-18)26-22(29)14-33-23-20(13-25)19(12-21(28)27-23)15-4-6-16(7-5-15)24(30)31-2/h4-11,19H,3,12,14H2,1-2H3,(H,26,29)(H,27,28)/t19-/m1/s1. The fourth-order valence-corrected chi connectivity index (χ4v) is 4.20. The van der Waals surface area contributed by atoms with E-state index in [4.69, 9.17) is 9.47 Å². The number of amides is 2. The summed E-state index contributed by atoms with van der Waals surface area (Å²) in [4.78, 5) is 36.4. The molecule has 1 heterocycles. The van der Waals surface area contributed by atoms with Crippen LogP contribution in [0.5, 0.6) is 5.75 Å². The number of thioether (sulfide) groups is 1. The van der Waals surface area contributed by atoms with Gasteiger partial charge >= 0.3 is 5.97 Å². The highest BCUT2D eigenvalue weighted by Crippen LogP contribution is 2.36. The van der Waals surface area contributed by atoms with E-state index in [1.807, 2.05) is 6.92 Å². The van der Waals surface area contributed by atoms with Crippen LogP contribution in [-0.4, -0.2) is 37.3 Å². The highest BCUT2D eigenvalue weighted by atomic mass is 32.2. The largest absolute Gasteiger partial charge is 0.494 e. The number of ether oxygens (including phenoxy) is 2. The monoisotopic (exact) mass is 465 g/mol. The molecule has 3 rings (SSSR count). The number of nitriles is 1. The number of methoxy groups -OCH3 is 1. The maximum absolute atomic E-state index is 12.4. The number of carbonyl (C=O) groups excluding carboxylic acids is 3. The normalized spacial score (nSPS) is 15.3. The number of carbonyl (C=O) groups is 3. The van der Waals surface area contributed by atoms with Gasteiger partial charge in [-0.2, -0.15) is 5.26 Å². The summed E-state index contributed by atoms with van der Waals surface area (Å²) in [6.07, 6.45) is 0.100. The Kier molecular flexibility index (Phi) is 8.11. The Balaban J connectivity index is 1.70. The molecule has 1 aliphatic heterocycles. The maximum Gasteiger partial charge on any atom is 0.337 e. The smallest absolute Gasteiger partial charge is 0.337 e. The van der Waals surface area contributed by atoms with Gasteiger partial charge in [0, 0.05) is 18.0 Å². The summed E-state index contributed by atoms with van der Waals surface area (Å²) in [6, 6.07) is 15.8. The van der Waals surface area contributed by atoms with E-state index in [9.17, 15) is 19.6 Å². The molecule has 0 saturated carbocycles. The quantitative estimate of drug-likeness (QED) is 0.572. The van der Waals surface area contributed by atoms with Crippen LogP contribution in [0, 0.1) is 11.3 Å². The van der Waals surface area contributed by atoms with Crippen LogP contribution in [-0.2, 0) is 14.3 Å². The molecule has 1 atom stereocenters. The first kappa shape index (κ1) is 23.9. The highest BCUT2D eigenvalue weighted by molar-refractivity contribution is 8.03. The summed E-state index contributed by atoms with van der Waals surface area (Å²) in [5.41, 5.74) is 2.10. The minimum Gasteiger partial charge on any atom is -0.494 e. The van der Waals surface area contributed by atoms with Crippen molar-refractivity contribution in [1.82, 2.24) is 5.32 Å². The van der Waals surface area contributed by atoms with E-state index in [1.54, 1.807) is 48.5 Å². The van der Waals surface area contributed by atoms with Crippen LogP contribution in [0.4, 0.5) is 5.69 Å². The first-order valence-electron chi connectivity index (χ1n) is 10.2. The maximum atomic E-state index is 12.4. The second kappa shape index (κ2) is 11.2. The van der Waals surface area contributed by atoms with Crippen LogP contribution in [0.2, 0.25) is 0 Å². The molecule has 1 aliphatic rings. The van der Waals surface area contributed by atoms with Crippen LogP contribution >= 0.6 is 11.8 Å². The summed E-state index contributed by atoms with van der Waals surface area (Å²) >= 11 is 1.10. The summed E-state index contributed by atoms with van der Waals surface area (Å²) in [6.45, 7) is 2.45. The third-order valence-electron chi connectivity index (χ3n) is 4.89. The van der Waals surface area contributed by atoms with Gasteiger partial charge in [-0.1, -0.05) is 23.9 Å². The van der Waals surface area contributed by atoms with Crippen molar-refractivity contribution in [2.24, 2.45) is 0 Å². The van der Waals surface area contributed by atoms with Crippen molar-refractivity contribution in [3.63, 3.8) is 0 Å². The van der Waals surface area contributed by atoms with Crippen molar-refractivity contribution in [3.8, 4) is 11.8 Å². The Hall–Kier alpha value is -3.77. The Morgan fingerprint density at radius 2 is 1.88 bits per heavy atom. The lowest BCUT2D eigenvalue weighted by molar-refractivity contribution is -0.121. The molecule has 0 bridgehead atoms. The van der Waals surface area contributed by atoms with Crippen molar-refractivity contribution in [2.45, 2.75) is 19.3 Å². The van der Waals surface area contributed by atoms with E-state index >= 15 is 0 Å². The third-order valence-corrected chi connectivity index (χ3v) is 5.90. The van der Waals surface area contributed by atoms with Gasteiger partial charge in [0.05, 0.1) is 41.7 Å². The average Bonchev–Trinajstić information content (AvgIpc) is 2.83. The first-order chi connectivity index (χ1) is 15.9. The molecule has 0 radical (unpaired) electrons. The molecule has 0 fully saturated rings. The Morgan fingerprint density at radius 3 is 2.48 bits per heavy atom. The molecular weight excluding hydrogens is 442 g/mol. The van der Waals surface area contributed by atoms with Crippen LogP contribution in [0.1, 0.15) is 35.2 Å². The fourth-order valence-electron chi connectivity index (χ4n) is 3.32. The van der Waals surface area contributed by atoms with Crippen molar-refractivity contribution in [1.29, 1.82) is 5.26 Å². The number of nitrogens with zero attached hydrogens (tertiary/aromatic N) is 1. The minimum atomic E-state index is -0.466. The topological polar surface area (TPSA) is 118 Å². The lowest BCUT2D eigenvalue weighted by atomic mass is 9.87. The molecule has 2 aromatic rings. The predicted octanol–water partition coefficient (Wildman–Crippen LogP) is 3.58.